The smallest absolute Gasteiger partial charge is 0.193 e. The Labute approximate surface area is 138 Å². The second-order valence-electron chi connectivity index (χ2n) is 5.65. The van der Waals surface area contributed by atoms with Crippen molar-refractivity contribution in [3.05, 3.63) is 42.0 Å². The molecule has 0 amide bonds. The van der Waals surface area contributed by atoms with Crippen LogP contribution in [-0.2, 0) is 0 Å². The summed E-state index contributed by atoms with van der Waals surface area (Å²) in [6.45, 7) is 2.17. The van der Waals surface area contributed by atoms with E-state index in [1.165, 1.54) is 19.3 Å². The predicted octanol–water partition coefficient (Wildman–Crippen LogP) is 3.52. The van der Waals surface area contributed by atoms with Crippen LogP contribution in [0, 0.1) is 0 Å². The van der Waals surface area contributed by atoms with E-state index in [0.29, 0.717) is 24.2 Å². The maximum atomic E-state index is 12.1. The Morgan fingerprint density at radius 1 is 1.13 bits per heavy atom. The number of hydrogen-bond donors (Lipinski definition) is 2. The molecule has 0 aromatic heterocycles. The van der Waals surface area contributed by atoms with E-state index < -0.39 is 18.0 Å². The second kappa shape index (κ2) is 11.0. The van der Waals surface area contributed by atoms with E-state index in [1.54, 1.807) is 31.4 Å². The molecule has 0 bridgehead atoms. The van der Waals surface area contributed by atoms with Gasteiger partial charge in [0.05, 0.1) is 13.2 Å². The molecule has 0 fully saturated rings. The molecular formula is C19H28O4. The number of aliphatic hydroxyl groups is 2. The highest BCUT2D eigenvalue weighted by Crippen LogP contribution is 2.15. The third kappa shape index (κ3) is 6.97. The Bertz CT molecular complexity index is 479. The molecule has 4 nitrogen and oxygen atoms in total. The number of hydrogen-bond acceptors (Lipinski definition) is 4. The highest BCUT2D eigenvalue weighted by molar-refractivity contribution is 5.99. The van der Waals surface area contributed by atoms with Crippen molar-refractivity contribution < 1.29 is 19.7 Å². The molecule has 1 aromatic carbocycles. The topological polar surface area (TPSA) is 66.8 Å². The quantitative estimate of drug-likeness (QED) is 0.372. The molecule has 1 aromatic rings. The molecule has 0 spiro atoms. The van der Waals surface area contributed by atoms with Crippen LogP contribution in [-0.4, -0.2) is 35.3 Å². The van der Waals surface area contributed by atoms with E-state index in [1.807, 2.05) is 6.08 Å². The van der Waals surface area contributed by atoms with Gasteiger partial charge in [-0.1, -0.05) is 31.9 Å². The zero-order valence-electron chi connectivity index (χ0n) is 14.1. The first-order valence-corrected chi connectivity index (χ1v) is 8.29. The van der Waals surface area contributed by atoms with Gasteiger partial charge in [-0.2, -0.15) is 0 Å². The number of rotatable bonds is 11. The van der Waals surface area contributed by atoms with Gasteiger partial charge in [-0.05, 0) is 49.9 Å². The Hall–Kier alpha value is -1.65. The van der Waals surface area contributed by atoms with Gasteiger partial charge in [0.25, 0.3) is 0 Å². The standard InChI is InChI=1S/C19H28O4/c1-3-4-5-6-7-8-9-10-17(20)19(22)18(21)15-11-13-16(23-2)14-12-15/h7-8,11-14,17,19-20,22H,3-6,9-10H2,1-2H3/b8-7+/t17-,19-/m1/s1. The number of aliphatic hydroxyl groups excluding tert-OH is 2. The van der Waals surface area contributed by atoms with E-state index in [2.05, 4.69) is 13.0 Å². The van der Waals surface area contributed by atoms with Gasteiger partial charge < -0.3 is 14.9 Å². The summed E-state index contributed by atoms with van der Waals surface area (Å²) >= 11 is 0. The lowest BCUT2D eigenvalue weighted by Crippen LogP contribution is -2.33. The molecule has 0 saturated heterocycles. The average Bonchev–Trinajstić information content (AvgIpc) is 2.59. The van der Waals surface area contributed by atoms with Crippen molar-refractivity contribution in [2.24, 2.45) is 0 Å². The molecule has 2 N–H and O–H groups in total. The first-order chi connectivity index (χ1) is 11.1. The van der Waals surface area contributed by atoms with Crippen LogP contribution in [0.4, 0.5) is 0 Å². The lowest BCUT2D eigenvalue weighted by atomic mass is 9.99. The highest BCUT2D eigenvalue weighted by atomic mass is 16.5. The first-order valence-electron chi connectivity index (χ1n) is 8.29. The number of methoxy groups -OCH3 is 1. The lowest BCUT2D eigenvalue weighted by Gasteiger charge is -2.16. The average molecular weight is 320 g/mol. The van der Waals surface area contributed by atoms with Gasteiger partial charge in [-0.3, -0.25) is 4.79 Å². The molecule has 0 unspecified atom stereocenters. The van der Waals surface area contributed by atoms with Crippen molar-refractivity contribution in [2.45, 2.75) is 57.7 Å². The van der Waals surface area contributed by atoms with Gasteiger partial charge in [0.1, 0.15) is 11.9 Å². The molecular weight excluding hydrogens is 292 g/mol. The largest absolute Gasteiger partial charge is 0.497 e. The third-order valence-electron chi connectivity index (χ3n) is 3.78. The van der Waals surface area contributed by atoms with E-state index in [0.717, 1.165) is 6.42 Å². The molecule has 128 valence electrons. The van der Waals surface area contributed by atoms with Gasteiger partial charge >= 0.3 is 0 Å². The SMILES string of the molecule is CCCCC/C=C/CC[C@@H](O)[C@@H](O)C(=O)c1ccc(OC)cc1. The van der Waals surface area contributed by atoms with E-state index in [9.17, 15) is 15.0 Å². The van der Waals surface area contributed by atoms with Gasteiger partial charge in [-0.25, -0.2) is 0 Å². The molecule has 1 rings (SSSR count). The maximum Gasteiger partial charge on any atom is 0.193 e. The predicted molar refractivity (Wildman–Crippen MR) is 91.9 cm³/mol. The van der Waals surface area contributed by atoms with Gasteiger partial charge in [0.15, 0.2) is 5.78 Å². The first kappa shape index (κ1) is 19.4. The number of carbonyl (C=O) groups excluding carboxylic acids is 1. The fraction of sp³-hybridized carbons (Fsp3) is 0.526. The molecule has 2 atom stereocenters. The summed E-state index contributed by atoms with van der Waals surface area (Å²) in [4.78, 5) is 12.1. The fourth-order valence-corrected chi connectivity index (χ4v) is 2.27. The van der Waals surface area contributed by atoms with Crippen molar-refractivity contribution >= 4 is 5.78 Å². The van der Waals surface area contributed by atoms with Gasteiger partial charge in [-0.15, -0.1) is 0 Å². The Kier molecular flexibility index (Phi) is 9.25. The number of allylic oxidation sites excluding steroid dienone is 2. The summed E-state index contributed by atoms with van der Waals surface area (Å²) in [5.41, 5.74) is 0.368. The van der Waals surface area contributed by atoms with Crippen LogP contribution in [0.3, 0.4) is 0 Å². The number of Topliss-reactive ketones (excluding diaryl/α,β-unsaturated/α-hetero) is 1. The summed E-state index contributed by atoms with van der Waals surface area (Å²) in [6.07, 6.45) is 7.32. The third-order valence-corrected chi connectivity index (χ3v) is 3.78. The number of ketones is 1. The Balaban J connectivity index is 2.39. The fourth-order valence-electron chi connectivity index (χ4n) is 2.27. The van der Waals surface area contributed by atoms with Crippen LogP contribution in [0.15, 0.2) is 36.4 Å². The summed E-state index contributed by atoms with van der Waals surface area (Å²) in [5, 5.41) is 19.9. The summed E-state index contributed by atoms with van der Waals surface area (Å²) in [6, 6.07) is 6.49. The van der Waals surface area contributed by atoms with Crippen LogP contribution in [0.2, 0.25) is 0 Å². The van der Waals surface area contributed by atoms with Crippen molar-refractivity contribution in [3.8, 4) is 5.75 Å². The minimum Gasteiger partial charge on any atom is -0.497 e. The molecule has 0 aliphatic heterocycles. The van der Waals surface area contributed by atoms with Crippen LogP contribution < -0.4 is 4.74 Å². The summed E-state index contributed by atoms with van der Waals surface area (Å²) < 4.78 is 5.03. The number of unbranched alkanes of at least 4 members (excludes halogenated alkanes) is 3. The van der Waals surface area contributed by atoms with Crippen molar-refractivity contribution in [1.82, 2.24) is 0 Å². The summed E-state index contributed by atoms with van der Waals surface area (Å²) in [5.74, 6) is 0.178. The zero-order chi connectivity index (χ0) is 17.1. The van der Waals surface area contributed by atoms with E-state index >= 15 is 0 Å². The van der Waals surface area contributed by atoms with Crippen LogP contribution in [0.5, 0.6) is 5.75 Å². The van der Waals surface area contributed by atoms with Crippen LogP contribution >= 0.6 is 0 Å². The van der Waals surface area contributed by atoms with Crippen molar-refractivity contribution in [3.63, 3.8) is 0 Å². The molecule has 23 heavy (non-hydrogen) atoms. The monoisotopic (exact) mass is 320 g/mol. The molecule has 0 aliphatic rings. The van der Waals surface area contributed by atoms with Gasteiger partial charge in [0, 0.05) is 5.56 Å². The maximum absolute atomic E-state index is 12.1. The number of ether oxygens (including phenoxy) is 1. The van der Waals surface area contributed by atoms with E-state index in [4.69, 9.17) is 4.74 Å². The minimum absolute atomic E-state index is 0.368. The molecule has 0 heterocycles. The van der Waals surface area contributed by atoms with Crippen LogP contribution in [0.25, 0.3) is 0 Å². The van der Waals surface area contributed by atoms with Crippen molar-refractivity contribution in [1.29, 1.82) is 0 Å². The molecule has 4 heteroatoms. The van der Waals surface area contributed by atoms with Crippen LogP contribution in [0.1, 0.15) is 55.8 Å². The second-order valence-corrected chi connectivity index (χ2v) is 5.65. The van der Waals surface area contributed by atoms with Gasteiger partial charge in [0.2, 0.25) is 0 Å². The molecule has 0 aliphatic carbocycles. The minimum atomic E-state index is -1.39. The Morgan fingerprint density at radius 2 is 1.78 bits per heavy atom. The Morgan fingerprint density at radius 3 is 2.39 bits per heavy atom. The van der Waals surface area contributed by atoms with Crippen molar-refractivity contribution in [2.75, 3.05) is 7.11 Å². The normalized spacial score (nSPS) is 13.9. The molecule has 0 saturated carbocycles. The number of carbonyl (C=O) groups is 1. The lowest BCUT2D eigenvalue weighted by molar-refractivity contribution is 0.0182. The zero-order valence-corrected chi connectivity index (χ0v) is 14.1. The van der Waals surface area contributed by atoms with E-state index in [-0.39, 0.29) is 0 Å². The number of benzene rings is 1. The summed E-state index contributed by atoms with van der Waals surface area (Å²) in [7, 11) is 1.55. The molecule has 0 radical (unpaired) electrons. The highest BCUT2D eigenvalue weighted by Gasteiger charge is 2.24.